The van der Waals surface area contributed by atoms with Crippen molar-refractivity contribution in [3.63, 3.8) is 0 Å². The fourth-order valence-electron chi connectivity index (χ4n) is 2.57. The van der Waals surface area contributed by atoms with Crippen LogP contribution in [0, 0.1) is 5.92 Å². The Morgan fingerprint density at radius 3 is 2.70 bits per heavy atom. The Balaban J connectivity index is 1.98. The van der Waals surface area contributed by atoms with Gasteiger partial charge in [-0.2, -0.15) is 0 Å². The molecule has 1 N–H and O–H groups in total. The molecule has 0 saturated heterocycles. The molecule has 1 aromatic carbocycles. The molecule has 2 rings (SSSR count). The first-order valence-corrected chi connectivity index (χ1v) is 9.45. The molecular weight excluding hydrogens is 391 g/mol. The first kappa shape index (κ1) is 21.3. The highest BCUT2D eigenvalue weighted by atomic mass is 35.5. The van der Waals surface area contributed by atoms with E-state index >= 15 is 0 Å². The number of amides is 1. The highest BCUT2D eigenvalue weighted by Gasteiger charge is 2.22. The van der Waals surface area contributed by atoms with E-state index in [0.29, 0.717) is 27.9 Å². The number of unbranched alkanes of at least 4 members (excludes halogenated alkanes) is 1. The lowest BCUT2D eigenvalue weighted by Gasteiger charge is -2.14. The molecule has 2 aromatic rings. The number of carbonyl (C=O) groups excluding carboxylic acids is 2. The number of hydrogen-bond donors (Lipinski definition) is 1. The van der Waals surface area contributed by atoms with E-state index in [1.54, 1.807) is 24.3 Å². The van der Waals surface area contributed by atoms with Gasteiger partial charge in [-0.3, -0.25) is 9.59 Å². The van der Waals surface area contributed by atoms with Crippen molar-refractivity contribution in [3.05, 3.63) is 40.1 Å². The summed E-state index contributed by atoms with van der Waals surface area (Å²) in [6.45, 7) is 2.21. The number of ether oxygens (including phenoxy) is 1. The highest BCUT2D eigenvalue weighted by Crippen LogP contribution is 2.28. The molecule has 0 aliphatic carbocycles. The minimum atomic E-state index is -0.421. The van der Waals surface area contributed by atoms with Crippen molar-refractivity contribution in [3.8, 4) is 11.3 Å². The maximum absolute atomic E-state index is 12.4. The van der Waals surface area contributed by atoms with Crippen LogP contribution in [0.25, 0.3) is 11.3 Å². The Kier molecular flexibility index (Phi) is 8.13. The molecule has 1 heterocycles. The van der Waals surface area contributed by atoms with Crippen LogP contribution in [-0.4, -0.2) is 24.1 Å². The number of nitrogens with one attached hydrogen (secondary N) is 1. The average Bonchev–Trinajstić information content (AvgIpc) is 3.14. The first-order valence-electron chi connectivity index (χ1n) is 8.70. The molecule has 0 aliphatic heterocycles. The molecule has 1 aromatic heterocycles. The minimum Gasteiger partial charge on any atom is -0.469 e. The van der Waals surface area contributed by atoms with Gasteiger partial charge in [-0.15, -0.1) is 0 Å². The maximum atomic E-state index is 12.4. The number of rotatable bonds is 9. The summed E-state index contributed by atoms with van der Waals surface area (Å²) in [5.74, 6) is -0.527. The molecule has 0 bridgehead atoms. The van der Waals surface area contributed by atoms with Crippen molar-refractivity contribution >= 4 is 35.1 Å². The van der Waals surface area contributed by atoms with E-state index in [2.05, 4.69) is 15.2 Å². The average molecular weight is 413 g/mol. The first-order chi connectivity index (χ1) is 12.9. The van der Waals surface area contributed by atoms with Crippen LogP contribution >= 0.6 is 23.2 Å². The monoisotopic (exact) mass is 412 g/mol. The van der Waals surface area contributed by atoms with Crippen molar-refractivity contribution in [1.29, 1.82) is 0 Å². The van der Waals surface area contributed by atoms with Gasteiger partial charge in [0.25, 0.3) is 0 Å². The van der Waals surface area contributed by atoms with Gasteiger partial charge in [0.2, 0.25) is 5.91 Å². The van der Waals surface area contributed by atoms with Gasteiger partial charge in [0.15, 0.2) is 5.76 Å². The second-order valence-corrected chi connectivity index (χ2v) is 6.96. The fraction of sp³-hybridized carbons (Fsp3) is 0.421. The zero-order chi connectivity index (χ0) is 19.8. The number of hydrogen-bond acceptors (Lipinski definition) is 5. The van der Waals surface area contributed by atoms with Gasteiger partial charge < -0.3 is 14.6 Å². The zero-order valence-electron chi connectivity index (χ0n) is 15.3. The number of carbonyl (C=O) groups is 2. The van der Waals surface area contributed by atoms with Crippen LogP contribution in [0.15, 0.2) is 28.8 Å². The summed E-state index contributed by atoms with van der Waals surface area (Å²) in [4.78, 5) is 23.9. The molecule has 0 radical (unpaired) electrons. The molecule has 146 valence electrons. The van der Waals surface area contributed by atoms with Crippen LogP contribution in [0.1, 0.15) is 38.4 Å². The quantitative estimate of drug-likeness (QED) is 0.606. The second kappa shape index (κ2) is 10.3. The Hall–Kier alpha value is -2.05. The van der Waals surface area contributed by atoms with Crippen molar-refractivity contribution in [2.75, 3.05) is 7.11 Å². The minimum absolute atomic E-state index is 0.0628. The van der Waals surface area contributed by atoms with E-state index in [9.17, 15) is 9.59 Å². The van der Waals surface area contributed by atoms with Gasteiger partial charge in [0.05, 0.1) is 30.1 Å². The van der Waals surface area contributed by atoms with Gasteiger partial charge in [-0.05, 0) is 18.6 Å². The van der Waals surface area contributed by atoms with Gasteiger partial charge in [0, 0.05) is 17.5 Å². The standard InChI is InChI=1S/C19H22Cl2N2O4/c1-3-4-5-13(9-18(24)26-2)19(25)22-11-14-10-17(23-27-14)12-6-7-15(20)16(21)8-12/h6-8,10,13H,3-5,9,11H2,1-2H3,(H,22,25)/t13-/m1/s1. The molecule has 8 heteroatoms. The van der Waals surface area contributed by atoms with Crippen molar-refractivity contribution < 1.29 is 18.8 Å². The zero-order valence-corrected chi connectivity index (χ0v) is 16.8. The maximum Gasteiger partial charge on any atom is 0.306 e. The largest absolute Gasteiger partial charge is 0.469 e. The van der Waals surface area contributed by atoms with Crippen molar-refractivity contribution in [2.45, 2.75) is 39.2 Å². The molecule has 27 heavy (non-hydrogen) atoms. The number of nitrogens with zero attached hydrogens (tertiary/aromatic N) is 1. The Labute approximate surface area is 168 Å². The van der Waals surface area contributed by atoms with E-state index in [-0.39, 0.29) is 18.9 Å². The summed E-state index contributed by atoms with van der Waals surface area (Å²) in [7, 11) is 1.32. The lowest BCUT2D eigenvalue weighted by molar-refractivity contribution is -0.144. The van der Waals surface area contributed by atoms with Crippen LogP contribution in [0.4, 0.5) is 0 Å². The fourth-order valence-corrected chi connectivity index (χ4v) is 2.87. The summed E-state index contributed by atoms with van der Waals surface area (Å²) < 4.78 is 9.95. The molecular formula is C19H22Cl2N2O4. The lowest BCUT2D eigenvalue weighted by atomic mass is 9.97. The third-order valence-corrected chi connectivity index (χ3v) is 4.87. The molecule has 0 aliphatic rings. The van der Waals surface area contributed by atoms with Crippen LogP contribution in [0.5, 0.6) is 0 Å². The van der Waals surface area contributed by atoms with Crippen molar-refractivity contribution in [1.82, 2.24) is 10.5 Å². The highest BCUT2D eigenvalue weighted by molar-refractivity contribution is 6.42. The second-order valence-electron chi connectivity index (χ2n) is 6.14. The Bertz CT molecular complexity index is 792. The van der Waals surface area contributed by atoms with E-state index < -0.39 is 11.9 Å². The third kappa shape index (κ3) is 6.26. The van der Waals surface area contributed by atoms with Crippen molar-refractivity contribution in [2.24, 2.45) is 5.92 Å². The summed E-state index contributed by atoms with van der Waals surface area (Å²) in [6.07, 6.45) is 2.49. The van der Waals surface area contributed by atoms with Crippen LogP contribution in [0.2, 0.25) is 10.0 Å². The molecule has 1 atom stereocenters. The predicted octanol–water partition coefficient (Wildman–Crippen LogP) is 4.63. The normalized spacial score (nSPS) is 11.9. The Morgan fingerprint density at radius 1 is 1.26 bits per heavy atom. The number of methoxy groups -OCH3 is 1. The SMILES string of the molecule is CCCC[C@H](CC(=O)OC)C(=O)NCc1cc(-c2ccc(Cl)c(Cl)c2)no1. The van der Waals surface area contributed by atoms with Gasteiger partial charge >= 0.3 is 5.97 Å². The summed E-state index contributed by atoms with van der Waals surface area (Å²) in [6, 6.07) is 6.88. The summed E-state index contributed by atoms with van der Waals surface area (Å²) >= 11 is 11.9. The number of benzene rings is 1. The summed E-state index contributed by atoms with van der Waals surface area (Å²) in [5, 5.41) is 7.67. The van der Waals surface area contributed by atoms with E-state index in [1.807, 2.05) is 6.92 Å². The van der Waals surface area contributed by atoms with Gasteiger partial charge in [0.1, 0.15) is 5.69 Å². The van der Waals surface area contributed by atoms with Crippen LogP contribution < -0.4 is 5.32 Å². The van der Waals surface area contributed by atoms with E-state index in [1.165, 1.54) is 7.11 Å². The smallest absolute Gasteiger partial charge is 0.306 e. The van der Waals surface area contributed by atoms with Crippen LogP contribution in [0.3, 0.4) is 0 Å². The molecule has 0 saturated carbocycles. The predicted molar refractivity (Wildman–Crippen MR) is 103 cm³/mol. The van der Waals surface area contributed by atoms with Crippen LogP contribution in [-0.2, 0) is 20.9 Å². The van der Waals surface area contributed by atoms with Gasteiger partial charge in [-0.25, -0.2) is 0 Å². The third-order valence-electron chi connectivity index (χ3n) is 4.13. The van der Waals surface area contributed by atoms with E-state index in [4.69, 9.17) is 27.7 Å². The summed E-state index contributed by atoms with van der Waals surface area (Å²) in [5.41, 5.74) is 1.35. The molecule has 1 amide bonds. The molecule has 0 spiro atoms. The molecule has 6 nitrogen and oxygen atoms in total. The topological polar surface area (TPSA) is 81.4 Å². The molecule has 0 fully saturated rings. The number of halogens is 2. The number of aromatic nitrogens is 1. The van der Waals surface area contributed by atoms with Gasteiger partial charge in [-0.1, -0.05) is 54.2 Å². The number of esters is 1. The molecule has 0 unspecified atom stereocenters. The lowest BCUT2D eigenvalue weighted by Crippen LogP contribution is -2.31. The Morgan fingerprint density at radius 2 is 2.04 bits per heavy atom. The van der Waals surface area contributed by atoms with E-state index in [0.717, 1.165) is 18.4 Å².